The SMILES string of the molecule is CC(C)(C)c1ccc2c(c1)B1c3sc4cc5c(cc4c3N(c3ccc4c(c3)C(C)(C)CCC4(C)C)c3cc(C(C)(C)C)cc(c31)N2c1ccc2c(c1)C(C)(C)CCC2(C)C)C(C)(C)CCC5(C)C. The van der Waals surface area contributed by atoms with E-state index in [1.54, 1.807) is 5.56 Å². The third-order valence-corrected chi connectivity index (χ3v) is 19.8. The fourth-order valence-electron chi connectivity index (χ4n) is 13.4. The molecule has 4 heteroatoms. The van der Waals surface area contributed by atoms with Gasteiger partial charge in [0.25, 0.3) is 6.71 Å². The van der Waals surface area contributed by atoms with E-state index in [2.05, 4.69) is 225 Å². The van der Waals surface area contributed by atoms with Gasteiger partial charge in [0.05, 0.1) is 5.69 Å². The van der Waals surface area contributed by atoms with Gasteiger partial charge in [0.2, 0.25) is 0 Å². The first-order chi connectivity index (χ1) is 31.4. The summed E-state index contributed by atoms with van der Waals surface area (Å²) in [5.74, 6) is 0. The Hall–Kier alpha value is -4.28. The molecule has 0 radical (unpaired) electrons. The zero-order valence-electron chi connectivity index (χ0n) is 45.1. The van der Waals surface area contributed by atoms with Gasteiger partial charge in [-0.1, -0.05) is 149 Å². The molecule has 11 rings (SSSR count). The van der Waals surface area contributed by atoms with Gasteiger partial charge >= 0.3 is 0 Å². The Morgan fingerprint density at radius 1 is 0.426 bits per heavy atom. The second-order valence-corrected chi connectivity index (χ2v) is 29.4. The van der Waals surface area contributed by atoms with E-state index in [0.29, 0.717) is 0 Å². The first-order valence-corrected chi connectivity index (χ1v) is 27.1. The van der Waals surface area contributed by atoms with Crippen molar-refractivity contribution in [2.24, 2.45) is 0 Å². The predicted molar refractivity (Wildman–Crippen MR) is 299 cm³/mol. The Balaban J connectivity index is 1.29. The van der Waals surface area contributed by atoms with Crippen LogP contribution >= 0.6 is 11.3 Å². The van der Waals surface area contributed by atoms with Crippen molar-refractivity contribution < 1.29 is 0 Å². The molecule has 3 aliphatic carbocycles. The van der Waals surface area contributed by atoms with Crippen molar-refractivity contribution in [3.63, 3.8) is 0 Å². The molecule has 5 aromatic carbocycles. The number of benzene rings is 5. The molecule has 2 aliphatic heterocycles. The molecule has 0 amide bonds. The molecule has 0 saturated carbocycles. The lowest BCUT2D eigenvalue weighted by atomic mass is 9.36. The third kappa shape index (κ3) is 6.74. The second kappa shape index (κ2) is 14.2. The highest BCUT2D eigenvalue weighted by atomic mass is 32.1. The standard InChI is InChI=1S/C64H79BN2S/c1-57(2,3)38-19-24-50-49(31-38)65-54-51(66(50)40-20-22-43-45(34-40)61(11,12)27-25-59(43,7)8)32-39(58(4,5)6)33-52(54)67(41-21-23-44-46(35-41)62(13,14)28-26-60(44,9)10)55-42-36-47-48(37-53(42)68-56(55)65)64(17,18)30-29-63(47,15)16/h19-24,31-37H,25-30H2,1-18H3. The van der Waals surface area contributed by atoms with Gasteiger partial charge in [-0.05, 0) is 192 Å². The topological polar surface area (TPSA) is 6.48 Å². The first-order valence-electron chi connectivity index (χ1n) is 26.3. The molecule has 0 saturated heterocycles. The van der Waals surface area contributed by atoms with Gasteiger partial charge < -0.3 is 9.80 Å². The van der Waals surface area contributed by atoms with Gasteiger partial charge in [-0.15, -0.1) is 11.3 Å². The fraction of sp³-hybridized carbons (Fsp3) is 0.500. The monoisotopic (exact) mass is 919 g/mol. The van der Waals surface area contributed by atoms with E-state index >= 15 is 0 Å². The van der Waals surface area contributed by atoms with Gasteiger partial charge in [0.1, 0.15) is 0 Å². The van der Waals surface area contributed by atoms with E-state index in [4.69, 9.17) is 0 Å². The normalized spacial score (nSPS) is 21.1. The smallest absolute Gasteiger partial charge is 0.264 e. The molecule has 0 bridgehead atoms. The van der Waals surface area contributed by atoms with Crippen molar-refractivity contribution >= 4 is 78.0 Å². The Labute approximate surface area is 415 Å². The van der Waals surface area contributed by atoms with Crippen molar-refractivity contribution in [3.8, 4) is 0 Å². The van der Waals surface area contributed by atoms with E-state index in [1.165, 1.54) is 137 Å². The number of hydrogen-bond donors (Lipinski definition) is 0. The van der Waals surface area contributed by atoms with Crippen LogP contribution in [-0.2, 0) is 43.3 Å². The minimum Gasteiger partial charge on any atom is -0.311 e. The summed E-state index contributed by atoms with van der Waals surface area (Å²) in [7, 11) is 0. The van der Waals surface area contributed by atoms with Crippen LogP contribution in [0.4, 0.5) is 34.1 Å². The number of anilines is 6. The highest BCUT2D eigenvalue weighted by molar-refractivity contribution is 7.33. The highest BCUT2D eigenvalue weighted by Crippen LogP contribution is 2.56. The van der Waals surface area contributed by atoms with Crippen molar-refractivity contribution in [3.05, 3.63) is 123 Å². The summed E-state index contributed by atoms with van der Waals surface area (Å²) >= 11 is 2.08. The molecule has 3 heterocycles. The van der Waals surface area contributed by atoms with E-state index in [-0.39, 0.29) is 50.0 Å². The largest absolute Gasteiger partial charge is 0.311 e. The molecule has 0 spiro atoms. The maximum absolute atomic E-state index is 2.78. The summed E-state index contributed by atoms with van der Waals surface area (Å²) in [6.45, 7) is 44.2. The van der Waals surface area contributed by atoms with Crippen molar-refractivity contribution in [1.29, 1.82) is 0 Å². The Bertz CT molecular complexity index is 3120. The van der Waals surface area contributed by atoms with Gasteiger partial charge in [0.15, 0.2) is 0 Å². The van der Waals surface area contributed by atoms with Crippen LogP contribution in [0.15, 0.2) is 78.9 Å². The van der Waals surface area contributed by atoms with Gasteiger partial charge in [0, 0.05) is 43.3 Å². The predicted octanol–water partition coefficient (Wildman–Crippen LogP) is 16.6. The third-order valence-electron chi connectivity index (χ3n) is 18.6. The molecule has 0 fully saturated rings. The number of rotatable bonds is 2. The summed E-state index contributed by atoms with van der Waals surface area (Å²) in [5, 5.41) is 1.41. The molecule has 2 nitrogen and oxygen atoms in total. The average Bonchev–Trinajstić information content (AvgIpc) is 3.62. The van der Waals surface area contributed by atoms with Crippen molar-refractivity contribution in [2.45, 2.75) is 206 Å². The Morgan fingerprint density at radius 3 is 1.34 bits per heavy atom. The van der Waals surface area contributed by atoms with Crippen LogP contribution < -0.4 is 25.5 Å². The summed E-state index contributed by atoms with van der Waals surface area (Å²) < 4.78 is 2.90. The molecule has 6 aromatic rings. The minimum atomic E-state index is -0.0931. The maximum atomic E-state index is 2.78. The van der Waals surface area contributed by atoms with Crippen LogP contribution in [-0.4, -0.2) is 6.71 Å². The van der Waals surface area contributed by atoms with Crippen LogP contribution in [0.1, 0.15) is 208 Å². The Kier molecular flexibility index (Phi) is 9.63. The van der Waals surface area contributed by atoms with Crippen LogP contribution in [0.25, 0.3) is 10.1 Å². The second-order valence-electron chi connectivity index (χ2n) is 28.3. The molecule has 5 aliphatic rings. The summed E-state index contributed by atoms with van der Waals surface area (Å²) in [6.07, 6.45) is 7.20. The zero-order chi connectivity index (χ0) is 48.8. The molecule has 0 N–H and O–H groups in total. The molecular weight excluding hydrogens is 840 g/mol. The fourth-order valence-corrected chi connectivity index (χ4v) is 14.8. The maximum Gasteiger partial charge on any atom is 0.264 e. The molecule has 0 atom stereocenters. The molecular formula is C64H79BN2S. The van der Waals surface area contributed by atoms with Crippen molar-refractivity contribution in [2.75, 3.05) is 9.80 Å². The van der Waals surface area contributed by atoms with Crippen LogP contribution in [0.3, 0.4) is 0 Å². The van der Waals surface area contributed by atoms with E-state index in [9.17, 15) is 0 Å². The lowest BCUT2D eigenvalue weighted by Crippen LogP contribution is -2.60. The number of thiophene rings is 1. The van der Waals surface area contributed by atoms with E-state index < -0.39 is 0 Å². The van der Waals surface area contributed by atoms with Gasteiger partial charge in [-0.3, -0.25) is 0 Å². The van der Waals surface area contributed by atoms with Crippen molar-refractivity contribution in [1.82, 2.24) is 0 Å². The average molecular weight is 919 g/mol. The molecule has 354 valence electrons. The lowest BCUT2D eigenvalue weighted by Gasteiger charge is -2.46. The minimum absolute atomic E-state index is 0.00981. The van der Waals surface area contributed by atoms with Crippen LogP contribution in [0, 0.1) is 0 Å². The molecule has 1 aromatic heterocycles. The number of hydrogen-bond acceptors (Lipinski definition) is 3. The summed E-state index contributed by atoms with van der Waals surface area (Å²) in [5.41, 5.74) is 23.2. The van der Waals surface area contributed by atoms with Gasteiger partial charge in [-0.25, -0.2) is 0 Å². The van der Waals surface area contributed by atoms with Gasteiger partial charge in [-0.2, -0.15) is 0 Å². The van der Waals surface area contributed by atoms with Crippen LogP contribution in [0.5, 0.6) is 0 Å². The quantitative estimate of drug-likeness (QED) is 0.159. The zero-order valence-corrected chi connectivity index (χ0v) is 45.9. The lowest BCUT2D eigenvalue weighted by molar-refractivity contribution is 0.332. The van der Waals surface area contributed by atoms with E-state index in [1.807, 2.05) is 0 Å². The highest BCUT2D eigenvalue weighted by Gasteiger charge is 2.49. The summed E-state index contributed by atoms with van der Waals surface area (Å²) in [6, 6.07) is 33.3. The number of nitrogens with zero attached hydrogens (tertiary/aromatic N) is 2. The van der Waals surface area contributed by atoms with E-state index in [0.717, 1.165) is 0 Å². The first kappa shape index (κ1) is 46.1. The van der Waals surface area contributed by atoms with Crippen LogP contribution in [0.2, 0.25) is 0 Å². The Morgan fingerprint density at radius 2 is 0.853 bits per heavy atom. The number of fused-ring (bicyclic) bond motifs is 9. The molecule has 68 heavy (non-hydrogen) atoms. The molecule has 0 unspecified atom stereocenters. The summed E-state index contributed by atoms with van der Waals surface area (Å²) in [4.78, 5) is 5.47.